The second-order valence-corrected chi connectivity index (χ2v) is 3.74. The molecule has 11 heavy (non-hydrogen) atoms. The molecule has 2 aliphatic rings. The van der Waals surface area contributed by atoms with Crippen molar-refractivity contribution >= 4 is 10.4 Å². The number of hydrogen-bond donors (Lipinski definition) is 0. The van der Waals surface area contributed by atoms with Gasteiger partial charge in [-0.1, -0.05) is 0 Å². The Morgan fingerprint density at radius 3 is 2.64 bits per heavy atom. The molecule has 2 rings (SSSR count). The van der Waals surface area contributed by atoms with Gasteiger partial charge >= 0.3 is 10.4 Å². The summed E-state index contributed by atoms with van der Waals surface area (Å²) in [5, 5.41) is 0. The Morgan fingerprint density at radius 2 is 1.91 bits per heavy atom. The van der Waals surface area contributed by atoms with E-state index in [2.05, 4.69) is 8.37 Å². The standard InChI is InChI=1S/C5H8O5S/c6-11(7)9-4-1-2-8-3-5(4)10-11/h4-5H,1-3H2. The summed E-state index contributed by atoms with van der Waals surface area (Å²) in [4.78, 5) is 0. The van der Waals surface area contributed by atoms with Gasteiger partial charge < -0.3 is 4.74 Å². The van der Waals surface area contributed by atoms with Gasteiger partial charge in [0.2, 0.25) is 0 Å². The van der Waals surface area contributed by atoms with Gasteiger partial charge in [0.1, 0.15) is 12.2 Å². The zero-order valence-corrected chi connectivity index (χ0v) is 6.54. The maximum atomic E-state index is 10.7. The van der Waals surface area contributed by atoms with E-state index in [1.165, 1.54) is 0 Å². The Kier molecular flexibility index (Phi) is 1.64. The SMILES string of the molecule is O=S1(=O)OC2CCOCC2O1. The normalized spacial score (nSPS) is 41.8. The molecule has 2 heterocycles. The summed E-state index contributed by atoms with van der Waals surface area (Å²) in [7, 11) is -3.71. The predicted octanol–water partition coefficient (Wildman–Crippen LogP) is -0.565. The molecule has 2 saturated heterocycles. The van der Waals surface area contributed by atoms with E-state index in [9.17, 15) is 8.42 Å². The molecule has 0 amide bonds. The second kappa shape index (κ2) is 2.41. The summed E-state index contributed by atoms with van der Waals surface area (Å²) in [5.41, 5.74) is 0. The highest BCUT2D eigenvalue weighted by Crippen LogP contribution is 2.25. The van der Waals surface area contributed by atoms with Gasteiger partial charge in [-0.15, -0.1) is 0 Å². The van der Waals surface area contributed by atoms with Gasteiger partial charge in [0.25, 0.3) is 0 Å². The van der Waals surface area contributed by atoms with E-state index in [1.54, 1.807) is 0 Å². The third-order valence-electron chi connectivity index (χ3n) is 1.73. The maximum absolute atomic E-state index is 10.7. The fourth-order valence-corrected chi connectivity index (χ4v) is 2.27. The quantitative estimate of drug-likeness (QED) is 0.500. The lowest BCUT2D eigenvalue weighted by molar-refractivity contribution is -0.0193. The van der Waals surface area contributed by atoms with Crippen LogP contribution in [0.4, 0.5) is 0 Å². The van der Waals surface area contributed by atoms with E-state index >= 15 is 0 Å². The Labute approximate surface area is 64.6 Å². The molecule has 6 heteroatoms. The first kappa shape index (κ1) is 7.48. The molecule has 0 N–H and O–H groups in total. The van der Waals surface area contributed by atoms with Crippen molar-refractivity contribution in [3.63, 3.8) is 0 Å². The number of ether oxygens (including phenoxy) is 1. The van der Waals surface area contributed by atoms with E-state index < -0.39 is 16.5 Å². The van der Waals surface area contributed by atoms with Crippen LogP contribution in [0.25, 0.3) is 0 Å². The van der Waals surface area contributed by atoms with E-state index in [1.807, 2.05) is 0 Å². The van der Waals surface area contributed by atoms with Crippen molar-refractivity contribution in [2.75, 3.05) is 13.2 Å². The Bertz CT molecular complexity index is 226. The molecule has 5 nitrogen and oxygen atoms in total. The highest BCUT2D eigenvalue weighted by Gasteiger charge is 2.41. The minimum atomic E-state index is -3.71. The van der Waals surface area contributed by atoms with Crippen LogP contribution >= 0.6 is 0 Å². The Balaban J connectivity index is 2.15. The van der Waals surface area contributed by atoms with Crippen LogP contribution in [0.5, 0.6) is 0 Å². The van der Waals surface area contributed by atoms with Gasteiger partial charge in [0.05, 0.1) is 6.61 Å². The van der Waals surface area contributed by atoms with E-state index in [-0.39, 0.29) is 6.10 Å². The molecule has 2 unspecified atom stereocenters. The minimum absolute atomic E-state index is 0.309. The van der Waals surface area contributed by atoms with E-state index in [0.717, 1.165) is 0 Å². The summed E-state index contributed by atoms with van der Waals surface area (Å²) >= 11 is 0. The summed E-state index contributed by atoms with van der Waals surface area (Å²) in [6, 6.07) is 0. The lowest BCUT2D eigenvalue weighted by Gasteiger charge is -2.19. The molecule has 2 fully saturated rings. The summed E-state index contributed by atoms with van der Waals surface area (Å²) < 4.78 is 35.6. The molecular formula is C5H8O5S. The van der Waals surface area contributed by atoms with Crippen LogP contribution in [0.15, 0.2) is 0 Å². The predicted molar refractivity (Wildman–Crippen MR) is 34.1 cm³/mol. The monoisotopic (exact) mass is 180 g/mol. The van der Waals surface area contributed by atoms with Crippen molar-refractivity contribution in [3.05, 3.63) is 0 Å². The van der Waals surface area contributed by atoms with Crippen LogP contribution in [0.1, 0.15) is 6.42 Å². The first-order valence-electron chi connectivity index (χ1n) is 3.37. The molecule has 0 bridgehead atoms. The highest BCUT2D eigenvalue weighted by atomic mass is 32.3. The molecule has 2 aliphatic heterocycles. The van der Waals surface area contributed by atoms with Crippen molar-refractivity contribution in [1.29, 1.82) is 0 Å². The van der Waals surface area contributed by atoms with Crippen molar-refractivity contribution in [1.82, 2.24) is 0 Å². The topological polar surface area (TPSA) is 61.8 Å². The summed E-state index contributed by atoms with van der Waals surface area (Å²) in [6.45, 7) is 0.851. The number of fused-ring (bicyclic) bond motifs is 1. The fourth-order valence-electron chi connectivity index (χ4n) is 1.22. The van der Waals surface area contributed by atoms with Crippen LogP contribution in [-0.4, -0.2) is 33.8 Å². The van der Waals surface area contributed by atoms with Gasteiger partial charge in [-0.05, 0) is 0 Å². The van der Waals surface area contributed by atoms with Crippen molar-refractivity contribution < 1.29 is 21.5 Å². The zero-order valence-electron chi connectivity index (χ0n) is 5.73. The fraction of sp³-hybridized carbons (Fsp3) is 1.00. The molecule has 0 aromatic carbocycles. The van der Waals surface area contributed by atoms with Crippen LogP contribution in [-0.2, 0) is 23.5 Å². The molecule has 2 atom stereocenters. The van der Waals surface area contributed by atoms with Gasteiger partial charge in [-0.3, -0.25) is 0 Å². The van der Waals surface area contributed by atoms with Crippen LogP contribution in [0.2, 0.25) is 0 Å². The van der Waals surface area contributed by atoms with Crippen LogP contribution in [0, 0.1) is 0 Å². The van der Waals surface area contributed by atoms with Crippen molar-refractivity contribution in [2.45, 2.75) is 18.6 Å². The molecular weight excluding hydrogens is 172 g/mol. The summed E-state index contributed by atoms with van der Waals surface area (Å²) in [6.07, 6.45) is -0.160. The molecule has 0 radical (unpaired) electrons. The van der Waals surface area contributed by atoms with Crippen LogP contribution < -0.4 is 0 Å². The maximum Gasteiger partial charge on any atom is 0.400 e. The number of rotatable bonds is 0. The van der Waals surface area contributed by atoms with Gasteiger partial charge in [0.15, 0.2) is 0 Å². The third-order valence-corrected chi connectivity index (χ3v) is 2.69. The smallest absolute Gasteiger partial charge is 0.378 e. The molecule has 0 saturated carbocycles. The average Bonchev–Trinajstić information content (AvgIpc) is 2.21. The Morgan fingerprint density at radius 1 is 1.18 bits per heavy atom. The highest BCUT2D eigenvalue weighted by molar-refractivity contribution is 7.82. The zero-order chi connectivity index (χ0) is 7.90. The lowest BCUT2D eigenvalue weighted by Crippen LogP contribution is -2.33. The third kappa shape index (κ3) is 1.39. The summed E-state index contributed by atoms with van der Waals surface area (Å²) in [5.74, 6) is 0. The van der Waals surface area contributed by atoms with Gasteiger partial charge in [-0.2, -0.15) is 8.42 Å². The largest absolute Gasteiger partial charge is 0.400 e. The van der Waals surface area contributed by atoms with Gasteiger partial charge in [0, 0.05) is 13.0 Å². The number of hydrogen-bond acceptors (Lipinski definition) is 5. The molecule has 0 aliphatic carbocycles. The van der Waals surface area contributed by atoms with E-state index in [0.29, 0.717) is 19.6 Å². The minimum Gasteiger partial charge on any atom is -0.378 e. The van der Waals surface area contributed by atoms with Crippen molar-refractivity contribution in [2.24, 2.45) is 0 Å². The lowest BCUT2D eigenvalue weighted by atomic mass is 10.1. The van der Waals surface area contributed by atoms with Crippen LogP contribution in [0.3, 0.4) is 0 Å². The first-order chi connectivity index (χ1) is 5.17. The van der Waals surface area contributed by atoms with E-state index in [4.69, 9.17) is 4.74 Å². The molecule has 0 aromatic heterocycles. The van der Waals surface area contributed by atoms with Gasteiger partial charge in [-0.25, -0.2) is 8.37 Å². The second-order valence-electron chi connectivity index (χ2n) is 2.54. The average molecular weight is 180 g/mol. The molecule has 64 valence electrons. The molecule has 0 aromatic rings. The first-order valence-corrected chi connectivity index (χ1v) is 4.70. The Hall–Kier alpha value is -0.170. The molecule has 0 spiro atoms. The van der Waals surface area contributed by atoms with Crippen molar-refractivity contribution in [3.8, 4) is 0 Å².